The van der Waals surface area contributed by atoms with Crippen molar-refractivity contribution in [3.63, 3.8) is 0 Å². The van der Waals surface area contributed by atoms with Crippen molar-refractivity contribution in [3.05, 3.63) is 46.9 Å². The molecule has 1 aliphatic heterocycles. The average molecular weight is 308 g/mol. The van der Waals surface area contributed by atoms with Gasteiger partial charge in [-0.25, -0.2) is 0 Å². The molecule has 3 rings (SSSR count). The van der Waals surface area contributed by atoms with E-state index < -0.39 is 0 Å². The summed E-state index contributed by atoms with van der Waals surface area (Å²) in [6.45, 7) is 4.19. The molecule has 0 amide bonds. The zero-order valence-corrected chi connectivity index (χ0v) is 12.7. The fourth-order valence-corrected chi connectivity index (χ4v) is 2.67. The summed E-state index contributed by atoms with van der Waals surface area (Å²) in [5.41, 5.74) is 2.01. The second-order valence-corrected chi connectivity index (χ2v) is 5.28. The highest BCUT2D eigenvalue weighted by Gasteiger charge is 2.21. The molecule has 0 fully saturated rings. The van der Waals surface area contributed by atoms with Crippen LogP contribution in [0.25, 0.3) is 0 Å². The Labute approximate surface area is 129 Å². The van der Waals surface area contributed by atoms with Crippen LogP contribution in [-0.2, 0) is 0 Å². The van der Waals surface area contributed by atoms with Crippen LogP contribution in [0.5, 0.6) is 11.5 Å². The maximum atomic E-state index is 6.14. The van der Waals surface area contributed by atoms with Crippen LogP contribution in [0.1, 0.15) is 30.5 Å². The van der Waals surface area contributed by atoms with Gasteiger partial charge in [0.25, 0.3) is 0 Å². The van der Waals surface area contributed by atoms with Gasteiger partial charge in [0.1, 0.15) is 13.2 Å². The quantitative estimate of drug-likeness (QED) is 0.912. The summed E-state index contributed by atoms with van der Waals surface area (Å²) in [7, 11) is 0. The number of halogens is 1. The predicted molar refractivity (Wildman–Crippen MR) is 81.3 cm³/mol. The van der Waals surface area contributed by atoms with E-state index in [1.54, 1.807) is 6.26 Å². The van der Waals surface area contributed by atoms with Crippen molar-refractivity contribution >= 4 is 11.6 Å². The monoisotopic (exact) mass is 307 g/mol. The third kappa shape index (κ3) is 3.01. The normalized spacial score (nSPS) is 15.0. The number of furan rings is 1. The van der Waals surface area contributed by atoms with E-state index in [4.69, 9.17) is 25.5 Å². The Morgan fingerprint density at radius 3 is 2.71 bits per heavy atom. The number of hydrogen-bond acceptors (Lipinski definition) is 4. The summed E-state index contributed by atoms with van der Waals surface area (Å²) < 4.78 is 16.4. The number of hydrogen-bond donors (Lipinski definition) is 1. The van der Waals surface area contributed by atoms with E-state index in [1.807, 2.05) is 24.3 Å². The van der Waals surface area contributed by atoms with Gasteiger partial charge in [0.15, 0.2) is 16.7 Å². The largest absolute Gasteiger partial charge is 0.486 e. The number of nitrogens with one attached hydrogen (secondary N) is 1. The molecule has 4 nitrogen and oxygen atoms in total. The zero-order chi connectivity index (χ0) is 14.7. The predicted octanol–water partition coefficient (Wildman–Crippen LogP) is 3.79. The molecular formula is C16H18ClNO3. The second kappa shape index (κ2) is 6.41. The minimum absolute atomic E-state index is 0.0213. The summed E-state index contributed by atoms with van der Waals surface area (Å²) in [5.74, 6) is 1.57. The fourth-order valence-electron chi connectivity index (χ4n) is 2.45. The van der Waals surface area contributed by atoms with Crippen molar-refractivity contribution in [2.45, 2.75) is 19.4 Å². The molecule has 1 aliphatic rings. The maximum absolute atomic E-state index is 6.14. The highest BCUT2D eigenvalue weighted by atomic mass is 35.5. The first-order valence-corrected chi connectivity index (χ1v) is 7.53. The molecule has 1 unspecified atom stereocenters. The lowest BCUT2D eigenvalue weighted by Crippen LogP contribution is -2.23. The van der Waals surface area contributed by atoms with Crippen LogP contribution in [0.15, 0.2) is 34.9 Å². The third-order valence-corrected chi connectivity index (χ3v) is 3.76. The highest BCUT2D eigenvalue weighted by Crippen LogP contribution is 2.36. The van der Waals surface area contributed by atoms with Crippen molar-refractivity contribution in [1.29, 1.82) is 0 Å². The Morgan fingerprint density at radius 1 is 1.19 bits per heavy atom. The van der Waals surface area contributed by atoms with Crippen molar-refractivity contribution in [1.82, 2.24) is 5.32 Å². The van der Waals surface area contributed by atoms with Crippen LogP contribution in [0, 0.1) is 0 Å². The summed E-state index contributed by atoms with van der Waals surface area (Å²) in [6.07, 6.45) is 2.65. The number of fused-ring (bicyclic) bond motifs is 1. The summed E-state index contributed by atoms with van der Waals surface area (Å²) in [4.78, 5) is 0. The van der Waals surface area contributed by atoms with Crippen molar-refractivity contribution in [3.8, 4) is 11.5 Å². The standard InChI is InChI=1S/C16H18ClNO3/c1-2-6-18-15(12-5-7-21-16(12)17)11-3-4-13-14(10-11)20-9-8-19-13/h3-5,7,10,15,18H,2,6,8-9H2,1H3. The average Bonchev–Trinajstić information content (AvgIpc) is 2.94. The number of benzene rings is 1. The van der Waals surface area contributed by atoms with Gasteiger partial charge >= 0.3 is 0 Å². The van der Waals surface area contributed by atoms with Crippen LogP contribution < -0.4 is 14.8 Å². The zero-order valence-electron chi connectivity index (χ0n) is 11.9. The lowest BCUT2D eigenvalue weighted by molar-refractivity contribution is 0.171. The SMILES string of the molecule is CCCNC(c1ccc2c(c1)OCCO2)c1ccoc1Cl. The molecule has 21 heavy (non-hydrogen) atoms. The number of rotatable bonds is 5. The Hall–Kier alpha value is -1.65. The van der Waals surface area contributed by atoms with Crippen LogP contribution >= 0.6 is 11.6 Å². The lowest BCUT2D eigenvalue weighted by atomic mass is 10.0. The summed E-state index contributed by atoms with van der Waals surface area (Å²) >= 11 is 6.14. The molecule has 0 aliphatic carbocycles. The van der Waals surface area contributed by atoms with Gasteiger partial charge in [-0.2, -0.15) is 0 Å². The summed E-state index contributed by atoms with van der Waals surface area (Å²) in [5, 5.41) is 3.91. The minimum Gasteiger partial charge on any atom is -0.486 e. The Balaban J connectivity index is 1.94. The van der Waals surface area contributed by atoms with Crippen molar-refractivity contribution in [2.75, 3.05) is 19.8 Å². The van der Waals surface area contributed by atoms with Gasteiger partial charge in [-0.05, 0) is 48.3 Å². The van der Waals surface area contributed by atoms with E-state index in [9.17, 15) is 0 Å². The van der Waals surface area contributed by atoms with Gasteiger partial charge in [0.05, 0.1) is 12.3 Å². The molecule has 2 heterocycles. The highest BCUT2D eigenvalue weighted by molar-refractivity contribution is 6.29. The van der Waals surface area contributed by atoms with Crippen LogP contribution in [-0.4, -0.2) is 19.8 Å². The van der Waals surface area contributed by atoms with Gasteiger partial charge < -0.3 is 19.2 Å². The minimum atomic E-state index is -0.0213. The molecule has 0 radical (unpaired) electrons. The third-order valence-electron chi connectivity index (χ3n) is 3.46. The van der Waals surface area contributed by atoms with Gasteiger partial charge in [0, 0.05) is 5.56 Å². The molecular weight excluding hydrogens is 290 g/mol. The molecule has 0 spiro atoms. The van der Waals surface area contributed by atoms with Gasteiger partial charge in [-0.15, -0.1) is 0 Å². The molecule has 112 valence electrons. The molecule has 0 saturated carbocycles. The molecule has 5 heteroatoms. The molecule has 1 aromatic carbocycles. The lowest BCUT2D eigenvalue weighted by Gasteiger charge is -2.22. The molecule has 0 saturated heterocycles. The first kappa shape index (κ1) is 14.3. The van der Waals surface area contributed by atoms with E-state index in [-0.39, 0.29) is 6.04 Å². The smallest absolute Gasteiger partial charge is 0.198 e. The van der Waals surface area contributed by atoms with Crippen LogP contribution in [0.3, 0.4) is 0 Å². The van der Waals surface area contributed by atoms with Crippen LogP contribution in [0.4, 0.5) is 0 Å². The van der Waals surface area contributed by atoms with Crippen molar-refractivity contribution < 1.29 is 13.9 Å². The maximum Gasteiger partial charge on any atom is 0.198 e. The Morgan fingerprint density at radius 2 is 2.00 bits per heavy atom. The van der Waals surface area contributed by atoms with E-state index in [2.05, 4.69) is 12.2 Å². The summed E-state index contributed by atoms with van der Waals surface area (Å²) in [6, 6.07) is 7.85. The molecule has 1 N–H and O–H groups in total. The van der Waals surface area contributed by atoms with Gasteiger partial charge in [-0.1, -0.05) is 13.0 Å². The molecule has 2 aromatic rings. The fraction of sp³-hybridized carbons (Fsp3) is 0.375. The molecule has 0 bridgehead atoms. The first-order valence-electron chi connectivity index (χ1n) is 7.15. The van der Waals surface area contributed by atoms with Crippen LogP contribution in [0.2, 0.25) is 5.22 Å². The van der Waals surface area contributed by atoms with Gasteiger partial charge in [-0.3, -0.25) is 0 Å². The molecule has 1 aromatic heterocycles. The van der Waals surface area contributed by atoms with E-state index >= 15 is 0 Å². The van der Waals surface area contributed by atoms with E-state index in [1.165, 1.54) is 0 Å². The van der Waals surface area contributed by atoms with E-state index in [0.717, 1.165) is 35.6 Å². The Bertz CT molecular complexity index is 611. The molecule has 1 atom stereocenters. The second-order valence-electron chi connectivity index (χ2n) is 4.94. The van der Waals surface area contributed by atoms with E-state index in [0.29, 0.717) is 18.4 Å². The number of ether oxygens (including phenoxy) is 2. The first-order chi connectivity index (χ1) is 10.3. The van der Waals surface area contributed by atoms with Gasteiger partial charge in [0.2, 0.25) is 0 Å². The van der Waals surface area contributed by atoms with Crippen molar-refractivity contribution in [2.24, 2.45) is 0 Å². The topological polar surface area (TPSA) is 43.6 Å². The Kier molecular flexibility index (Phi) is 4.36.